The molecule has 1 fully saturated rings. The Morgan fingerprint density at radius 1 is 1.33 bits per heavy atom. The summed E-state index contributed by atoms with van der Waals surface area (Å²) < 4.78 is 5.30. The normalized spacial score (nSPS) is 18.5. The van der Waals surface area contributed by atoms with E-state index in [1.165, 1.54) is 32.4 Å². The molecule has 0 spiro atoms. The van der Waals surface area contributed by atoms with Crippen molar-refractivity contribution in [3.8, 4) is 0 Å². The van der Waals surface area contributed by atoms with Crippen molar-refractivity contribution in [3.05, 3.63) is 24.2 Å². The van der Waals surface area contributed by atoms with Crippen LogP contribution in [0.4, 0.5) is 0 Å². The van der Waals surface area contributed by atoms with E-state index in [9.17, 15) is 0 Å². The second kappa shape index (κ2) is 8.72. The molecule has 5 nitrogen and oxygen atoms in total. The van der Waals surface area contributed by atoms with E-state index in [-0.39, 0.29) is 0 Å². The lowest BCUT2D eigenvalue weighted by Crippen LogP contribution is -2.42. The Hall–Kier alpha value is -1.49. The Bertz CT molecular complexity index is 410. The largest absolute Gasteiger partial charge is 0.467 e. The van der Waals surface area contributed by atoms with Gasteiger partial charge in [-0.25, -0.2) is 0 Å². The van der Waals surface area contributed by atoms with Gasteiger partial charge < -0.3 is 20.0 Å². The Morgan fingerprint density at radius 2 is 2.14 bits per heavy atom. The summed E-state index contributed by atoms with van der Waals surface area (Å²) in [5.41, 5.74) is 0. The predicted octanol–water partition coefficient (Wildman–Crippen LogP) is 2.21. The first kappa shape index (κ1) is 15.9. The summed E-state index contributed by atoms with van der Waals surface area (Å²) in [5.74, 6) is 1.75. The number of guanidine groups is 1. The summed E-state index contributed by atoms with van der Waals surface area (Å²) in [6.45, 7) is 6.44. The molecule has 1 aliphatic heterocycles. The molecule has 2 heterocycles. The number of piperidine rings is 1. The zero-order chi connectivity index (χ0) is 14.9. The lowest BCUT2D eigenvalue weighted by molar-refractivity contribution is 0.167. The molecule has 1 aliphatic rings. The summed E-state index contributed by atoms with van der Waals surface area (Å²) in [7, 11) is 1.80. The molecule has 0 saturated carbocycles. The van der Waals surface area contributed by atoms with Crippen molar-refractivity contribution in [2.24, 2.45) is 4.99 Å². The van der Waals surface area contributed by atoms with E-state index in [0.29, 0.717) is 12.6 Å². The van der Waals surface area contributed by atoms with Crippen LogP contribution in [0.5, 0.6) is 0 Å². The van der Waals surface area contributed by atoms with Gasteiger partial charge in [-0.05, 0) is 51.4 Å². The number of nitrogens with zero attached hydrogens (tertiary/aromatic N) is 2. The number of furan rings is 1. The van der Waals surface area contributed by atoms with Crippen LogP contribution in [0, 0.1) is 0 Å². The molecule has 2 N–H and O–H groups in total. The van der Waals surface area contributed by atoms with E-state index in [0.717, 1.165) is 24.7 Å². The summed E-state index contributed by atoms with van der Waals surface area (Å²) >= 11 is 0. The number of nitrogens with one attached hydrogen (secondary N) is 2. The Balaban J connectivity index is 1.63. The van der Waals surface area contributed by atoms with Crippen LogP contribution in [-0.4, -0.2) is 43.6 Å². The minimum Gasteiger partial charge on any atom is -0.467 e. The third-order valence-corrected chi connectivity index (χ3v) is 4.10. The van der Waals surface area contributed by atoms with Crippen molar-refractivity contribution in [1.29, 1.82) is 0 Å². The number of hydrogen-bond acceptors (Lipinski definition) is 3. The molecule has 1 saturated heterocycles. The van der Waals surface area contributed by atoms with E-state index >= 15 is 0 Å². The fourth-order valence-electron chi connectivity index (χ4n) is 2.75. The summed E-state index contributed by atoms with van der Waals surface area (Å²) in [6.07, 6.45) is 6.92. The van der Waals surface area contributed by atoms with E-state index in [2.05, 4.69) is 27.4 Å². The topological polar surface area (TPSA) is 52.8 Å². The summed E-state index contributed by atoms with van der Waals surface area (Å²) in [5, 5.41) is 6.63. The molecule has 118 valence electrons. The molecule has 1 aromatic rings. The van der Waals surface area contributed by atoms with Crippen LogP contribution in [0.1, 0.15) is 38.4 Å². The first-order chi connectivity index (χ1) is 10.3. The highest BCUT2D eigenvalue weighted by molar-refractivity contribution is 5.79. The second-order valence-corrected chi connectivity index (χ2v) is 5.67. The van der Waals surface area contributed by atoms with Gasteiger partial charge in [0.15, 0.2) is 5.96 Å². The van der Waals surface area contributed by atoms with Crippen molar-refractivity contribution < 1.29 is 4.42 Å². The third kappa shape index (κ3) is 5.42. The minimum absolute atomic E-state index is 0.640. The van der Waals surface area contributed by atoms with Crippen LogP contribution in [0.2, 0.25) is 0 Å². The molecule has 21 heavy (non-hydrogen) atoms. The molecule has 1 atom stereocenters. The first-order valence-electron chi connectivity index (χ1n) is 8.00. The standard InChI is InChI=1S/C16H28N4O/c1-14(20-10-4-3-5-11-20)8-9-18-16(17-2)19-13-15-7-6-12-21-15/h6-7,12,14H,3-5,8-11,13H2,1-2H3,(H2,17,18,19). The van der Waals surface area contributed by atoms with Crippen molar-refractivity contribution in [2.45, 2.75) is 45.2 Å². The van der Waals surface area contributed by atoms with Crippen LogP contribution in [-0.2, 0) is 6.54 Å². The maximum Gasteiger partial charge on any atom is 0.191 e. The van der Waals surface area contributed by atoms with Gasteiger partial charge in [-0.2, -0.15) is 0 Å². The molecule has 0 radical (unpaired) electrons. The van der Waals surface area contributed by atoms with E-state index in [1.54, 1.807) is 13.3 Å². The molecule has 1 unspecified atom stereocenters. The molecule has 0 aromatic carbocycles. The smallest absolute Gasteiger partial charge is 0.191 e. The van der Waals surface area contributed by atoms with Gasteiger partial charge in [-0.3, -0.25) is 4.99 Å². The summed E-state index contributed by atoms with van der Waals surface area (Å²) in [6, 6.07) is 4.49. The van der Waals surface area contributed by atoms with Crippen LogP contribution in [0.3, 0.4) is 0 Å². The molecular weight excluding hydrogens is 264 g/mol. The third-order valence-electron chi connectivity index (χ3n) is 4.10. The second-order valence-electron chi connectivity index (χ2n) is 5.67. The SMILES string of the molecule is CN=C(NCCC(C)N1CCCCC1)NCc1ccco1. The van der Waals surface area contributed by atoms with Gasteiger partial charge in [0.1, 0.15) is 5.76 Å². The van der Waals surface area contributed by atoms with Crippen LogP contribution < -0.4 is 10.6 Å². The zero-order valence-electron chi connectivity index (χ0n) is 13.3. The van der Waals surface area contributed by atoms with Gasteiger partial charge in [0, 0.05) is 19.6 Å². The van der Waals surface area contributed by atoms with Crippen LogP contribution in [0.15, 0.2) is 27.8 Å². The molecule has 1 aromatic heterocycles. The fourth-order valence-corrected chi connectivity index (χ4v) is 2.75. The first-order valence-corrected chi connectivity index (χ1v) is 8.00. The van der Waals surface area contributed by atoms with Crippen molar-refractivity contribution in [3.63, 3.8) is 0 Å². The van der Waals surface area contributed by atoms with Crippen molar-refractivity contribution in [1.82, 2.24) is 15.5 Å². The van der Waals surface area contributed by atoms with Gasteiger partial charge in [0.05, 0.1) is 12.8 Å². The number of aliphatic imine (C=N–C) groups is 1. The summed E-state index contributed by atoms with van der Waals surface area (Å²) in [4.78, 5) is 6.84. The van der Waals surface area contributed by atoms with Crippen LogP contribution >= 0.6 is 0 Å². The lowest BCUT2D eigenvalue weighted by Gasteiger charge is -2.32. The van der Waals surface area contributed by atoms with E-state index < -0.39 is 0 Å². The lowest BCUT2D eigenvalue weighted by atomic mass is 10.1. The maximum absolute atomic E-state index is 5.30. The van der Waals surface area contributed by atoms with Crippen molar-refractivity contribution >= 4 is 5.96 Å². The highest BCUT2D eigenvalue weighted by Crippen LogP contribution is 2.13. The number of likely N-dealkylation sites (tertiary alicyclic amines) is 1. The quantitative estimate of drug-likeness (QED) is 0.623. The van der Waals surface area contributed by atoms with Gasteiger partial charge in [0.2, 0.25) is 0 Å². The predicted molar refractivity (Wildman–Crippen MR) is 86.4 cm³/mol. The van der Waals surface area contributed by atoms with Crippen molar-refractivity contribution in [2.75, 3.05) is 26.7 Å². The molecule has 0 amide bonds. The maximum atomic E-state index is 5.30. The molecule has 2 rings (SSSR count). The highest BCUT2D eigenvalue weighted by atomic mass is 16.3. The fraction of sp³-hybridized carbons (Fsp3) is 0.688. The minimum atomic E-state index is 0.640. The number of rotatable bonds is 6. The van der Waals surface area contributed by atoms with E-state index in [4.69, 9.17) is 4.42 Å². The van der Waals surface area contributed by atoms with Crippen LogP contribution in [0.25, 0.3) is 0 Å². The Labute approximate surface area is 127 Å². The molecular formula is C16H28N4O. The monoisotopic (exact) mass is 292 g/mol. The van der Waals surface area contributed by atoms with Gasteiger partial charge in [-0.15, -0.1) is 0 Å². The highest BCUT2D eigenvalue weighted by Gasteiger charge is 2.16. The van der Waals surface area contributed by atoms with Gasteiger partial charge >= 0.3 is 0 Å². The Morgan fingerprint density at radius 3 is 2.81 bits per heavy atom. The van der Waals surface area contributed by atoms with Gasteiger partial charge in [-0.1, -0.05) is 6.42 Å². The molecule has 0 bridgehead atoms. The Kier molecular flexibility index (Phi) is 6.60. The average molecular weight is 292 g/mol. The number of hydrogen-bond donors (Lipinski definition) is 2. The average Bonchev–Trinajstić information content (AvgIpc) is 3.04. The zero-order valence-corrected chi connectivity index (χ0v) is 13.3. The molecule has 0 aliphatic carbocycles. The molecule has 5 heteroatoms. The van der Waals surface area contributed by atoms with E-state index in [1.807, 2.05) is 12.1 Å². The van der Waals surface area contributed by atoms with Gasteiger partial charge in [0.25, 0.3) is 0 Å².